The number of anilines is 1. The number of nitrogens with zero attached hydrogens (tertiary/aromatic N) is 3. The van der Waals surface area contributed by atoms with Crippen molar-refractivity contribution in [3.63, 3.8) is 0 Å². The molecule has 3 aromatic rings. The largest absolute Gasteiger partial charge is 0.504 e. The molecule has 1 spiro atoms. The van der Waals surface area contributed by atoms with Gasteiger partial charge in [0.05, 0.1) is 17.1 Å². The van der Waals surface area contributed by atoms with E-state index in [-0.39, 0.29) is 23.7 Å². The molecule has 8 nitrogen and oxygen atoms in total. The van der Waals surface area contributed by atoms with Crippen molar-refractivity contribution in [2.75, 3.05) is 32.1 Å². The van der Waals surface area contributed by atoms with E-state index in [1.807, 2.05) is 43.3 Å². The smallest absolute Gasteiger partial charge is 0.270 e. The molecule has 1 amide bonds. The normalized spacial score (nSPS) is 31.9. The highest BCUT2D eigenvalue weighted by Gasteiger charge is 2.73. The van der Waals surface area contributed by atoms with Gasteiger partial charge in [-0.15, -0.1) is 0 Å². The number of carbonyl (C=O) groups is 1. The van der Waals surface area contributed by atoms with Gasteiger partial charge in [0.2, 0.25) is 0 Å². The molecule has 3 aliphatic carbocycles. The predicted molar refractivity (Wildman–Crippen MR) is 152 cm³/mol. The highest BCUT2D eigenvalue weighted by Crippen LogP contribution is 2.65. The Morgan fingerprint density at radius 3 is 2.80 bits per heavy atom. The van der Waals surface area contributed by atoms with Crippen LogP contribution < -0.4 is 15.0 Å². The first-order chi connectivity index (χ1) is 19.3. The van der Waals surface area contributed by atoms with Crippen LogP contribution in [-0.4, -0.2) is 77.0 Å². The van der Waals surface area contributed by atoms with Crippen LogP contribution in [0.15, 0.2) is 42.6 Å². The number of benzene rings is 2. The van der Waals surface area contributed by atoms with Crippen molar-refractivity contribution in [1.29, 1.82) is 0 Å². The molecule has 5 atom stereocenters. The van der Waals surface area contributed by atoms with Crippen LogP contribution in [0.5, 0.6) is 11.5 Å². The van der Waals surface area contributed by atoms with Gasteiger partial charge >= 0.3 is 0 Å². The van der Waals surface area contributed by atoms with Gasteiger partial charge in [-0.25, -0.2) is 0 Å². The molecule has 208 valence electrons. The number of carbonyl (C=O) groups excluding carboxylic acids is 1. The number of nitrogens with one attached hydrogen (secondary N) is 1. The summed E-state index contributed by atoms with van der Waals surface area (Å²) in [7, 11) is 4.00. The summed E-state index contributed by atoms with van der Waals surface area (Å²) in [4.78, 5) is 22.7. The van der Waals surface area contributed by atoms with Crippen LogP contribution in [0.2, 0.25) is 0 Å². The molecule has 0 unspecified atom stereocenters. The van der Waals surface area contributed by atoms with Gasteiger partial charge in [0, 0.05) is 49.5 Å². The van der Waals surface area contributed by atoms with E-state index >= 15 is 0 Å². The maximum absolute atomic E-state index is 13.6. The van der Waals surface area contributed by atoms with Gasteiger partial charge in [-0.2, -0.15) is 0 Å². The summed E-state index contributed by atoms with van der Waals surface area (Å²) in [5.74, 6) is 1.11. The van der Waals surface area contributed by atoms with E-state index in [9.17, 15) is 15.0 Å². The maximum atomic E-state index is 13.6. The van der Waals surface area contributed by atoms with E-state index in [2.05, 4.69) is 21.3 Å². The van der Waals surface area contributed by atoms with Crippen LogP contribution >= 0.6 is 0 Å². The fraction of sp³-hybridized carbons (Fsp3) is 0.500. The Hall–Kier alpha value is -3.36. The van der Waals surface area contributed by atoms with Crippen molar-refractivity contribution in [1.82, 2.24) is 15.2 Å². The monoisotopic (exact) mass is 540 g/mol. The van der Waals surface area contributed by atoms with E-state index in [0.717, 1.165) is 59.4 Å². The summed E-state index contributed by atoms with van der Waals surface area (Å²) in [6.07, 6.45) is 6.55. The number of pyridine rings is 1. The van der Waals surface area contributed by atoms with Gasteiger partial charge < -0.3 is 25.2 Å². The zero-order valence-corrected chi connectivity index (χ0v) is 23.1. The molecular formula is C32H36N4O4. The standard InChI is InChI=1S/C32H36N4O4/c1-35(2)22-7-5-19-14-24(33-16-21(19)13-22)30(38)34-23-9-10-32(39)26-15-20-6-8-25(37)28-27(20)31(32,29(23)40-28)11-12-36(26)17-18-3-4-18/h5-8,13-14,16,18,23,26,29,37,39H,3-4,9-12,15,17H2,1-2H3,(H,34,38)/t23-,26-,29+,31+,32-/m1/s1. The third-order valence-electron chi connectivity index (χ3n) is 10.5. The maximum Gasteiger partial charge on any atom is 0.270 e. The second-order valence-corrected chi connectivity index (χ2v) is 12.9. The van der Waals surface area contributed by atoms with Crippen LogP contribution in [0.25, 0.3) is 10.8 Å². The molecule has 3 fully saturated rings. The van der Waals surface area contributed by atoms with Crippen molar-refractivity contribution < 1.29 is 19.7 Å². The summed E-state index contributed by atoms with van der Waals surface area (Å²) in [5, 5.41) is 28.7. The van der Waals surface area contributed by atoms with Crippen molar-refractivity contribution in [2.45, 2.75) is 67.7 Å². The van der Waals surface area contributed by atoms with Gasteiger partial charge in [0.15, 0.2) is 11.5 Å². The highest BCUT2D eigenvalue weighted by molar-refractivity contribution is 5.97. The van der Waals surface area contributed by atoms with Crippen molar-refractivity contribution in [2.24, 2.45) is 5.92 Å². The van der Waals surface area contributed by atoms with E-state index in [0.29, 0.717) is 24.3 Å². The molecule has 2 aromatic carbocycles. The number of hydrogen-bond acceptors (Lipinski definition) is 7. The topological polar surface area (TPSA) is 98.2 Å². The van der Waals surface area contributed by atoms with Crippen LogP contribution in [0.3, 0.4) is 0 Å². The molecule has 1 saturated heterocycles. The lowest BCUT2D eigenvalue weighted by Crippen LogP contribution is -2.78. The quantitative estimate of drug-likeness (QED) is 0.457. The van der Waals surface area contributed by atoms with Crippen LogP contribution in [-0.2, 0) is 11.8 Å². The van der Waals surface area contributed by atoms with E-state index in [4.69, 9.17) is 4.74 Å². The zero-order chi connectivity index (χ0) is 27.4. The van der Waals surface area contributed by atoms with Crippen LogP contribution in [0.1, 0.15) is 53.7 Å². The lowest BCUT2D eigenvalue weighted by Gasteiger charge is -2.64. The number of likely N-dealkylation sites (tertiary alicyclic amines) is 1. The van der Waals surface area contributed by atoms with Crippen LogP contribution in [0.4, 0.5) is 5.69 Å². The molecule has 3 N–H and O–H groups in total. The first kappa shape index (κ1) is 24.4. The van der Waals surface area contributed by atoms with E-state index in [1.54, 1.807) is 12.3 Å². The van der Waals surface area contributed by atoms with Gasteiger partial charge in [-0.05, 0) is 86.2 Å². The predicted octanol–water partition coefficient (Wildman–Crippen LogP) is 3.37. The number of phenolic OH excluding ortho intramolecular Hbond substituents is 1. The number of aromatic hydroxyl groups is 1. The minimum absolute atomic E-state index is 0.0156. The highest BCUT2D eigenvalue weighted by atomic mass is 16.5. The Balaban J connectivity index is 1.13. The third-order valence-corrected chi connectivity index (χ3v) is 10.5. The van der Waals surface area contributed by atoms with E-state index < -0.39 is 17.1 Å². The Morgan fingerprint density at radius 2 is 2.00 bits per heavy atom. The molecular weight excluding hydrogens is 504 g/mol. The lowest BCUT2D eigenvalue weighted by molar-refractivity contribution is -0.191. The zero-order valence-electron chi connectivity index (χ0n) is 23.1. The molecule has 2 saturated carbocycles. The van der Waals surface area contributed by atoms with Crippen LogP contribution in [0, 0.1) is 5.92 Å². The molecule has 2 aliphatic heterocycles. The fourth-order valence-corrected chi connectivity index (χ4v) is 8.40. The van der Waals surface area contributed by atoms with Crippen molar-refractivity contribution >= 4 is 22.4 Å². The SMILES string of the molecule is CN(C)c1ccc2cc(C(=O)N[C@@H]3CC[C@@]4(O)[C@H]5Cc6ccc(O)c7c6[C@@]4(CCN5CC4CC4)[C@H]3O7)ncc2c1. The van der Waals surface area contributed by atoms with Gasteiger partial charge in [-0.3, -0.25) is 14.7 Å². The van der Waals surface area contributed by atoms with Gasteiger partial charge in [-0.1, -0.05) is 12.1 Å². The molecule has 40 heavy (non-hydrogen) atoms. The molecule has 8 rings (SSSR count). The molecule has 1 aromatic heterocycles. The average molecular weight is 541 g/mol. The Bertz CT molecular complexity index is 1550. The summed E-state index contributed by atoms with van der Waals surface area (Å²) in [5.41, 5.74) is 1.95. The molecule has 5 aliphatic rings. The first-order valence-electron chi connectivity index (χ1n) is 14.6. The number of hydrogen-bond donors (Lipinski definition) is 3. The lowest BCUT2D eigenvalue weighted by atomic mass is 9.48. The number of phenols is 1. The first-order valence-corrected chi connectivity index (χ1v) is 14.6. The summed E-state index contributed by atoms with van der Waals surface area (Å²) < 4.78 is 6.59. The molecule has 3 heterocycles. The number of amides is 1. The summed E-state index contributed by atoms with van der Waals surface area (Å²) in [6, 6.07) is 11.4. The second kappa shape index (κ2) is 8.33. The van der Waals surface area contributed by atoms with E-state index in [1.165, 1.54) is 12.8 Å². The van der Waals surface area contributed by atoms with Gasteiger partial charge in [0.1, 0.15) is 11.8 Å². The number of aliphatic hydroxyl groups is 1. The Morgan fingerprint density at radius 1 is 1.15 bits per heavy atom. The third kappa shape index (κ3) is 3.26. The average Bonchev–Trinajstić information content (AvgIpc) is 3.69. The van der Waals surface area contributed by atoms with Crippen molar-refractivity contribution in [3.05, 3.63) is 59.4 Å². The summed E-state index contributed by atoms with van der Waals surface area (Å²) in [6.45, 7) is 1.93. The number of fused-ring (bicyclic) bond motifs is 1. The number of rotatable bonds is 5. The number of piperidine rings is 1. The summed E-state index contributed by atoms with van der Waals surface area (Å²) >= 11 is 0. The molecule has 8 heteroatoms. The Kier molecular flexibility index (Phi) is 5.09. The number of ether oxygens (including phenoxy) is 1. The Labute approximate surface area is 233 Å². The second-order valence-electron chi connectivity index (χ2n) is 12.9. The van der Waals surface area contributed by atoms with Crippen molar-refractivity contribution in [3.8, 4) is 11.5 Å². The molecule has 0 radical (unpaired) electrons. The molecule has 2 bridgehead atoms. The van der Waals surface area contributed by atoms with Gasteiger partial charge in [0.25, 0.3) is 5.91 Å². The minimum Gasteiger partial charge on any atom is -0.504 e. The minimum atomic E-state index is -0.969. The number of aromatic nitrogens is 1. The fourth-order valence-electron chi connectivity index (χ4n) is 8.40.